The number of sulfonamides is 1. The maximum atomic E-state index is 12.2. The van der Waals surface area contributed by atoms with E-state index in [0.29, 0.717) is 17.7 Å². The molecule has 0 aromatic heterocycles. The third-order valence-electron chi connectivity index (χ3n) is 4.46. The van der Waals surface area contributed by atoms with Crippen molar-refractivity contribution in [3.05, 3.63) is 59.7 Å². The van der Waals surface area contributed by atoms with Crippen LogP contribution in [0, 0.1) is 0 Å². The first-order valence-electron chi connectivity index (χ1n) is 9.10. The fraction of sp³-hybridized carbons (Fsp3) is 0.300. The predicted octanol–water partition coefficient (Wildman–Crippen LogP) is 2.06. The summed E-state index contributed by atoms with van der Waals surface area (Å²) in [4.78, 5) is 24.5. The second-order valence-electron chi connectivity index (χ2n) is 6.73. The zero-order chi connectivity index (χ0) is 20.1. The molecule has 3 rings (SSSR count). The maximum absolute atomic E-state index is 12.2. The molecule has 1 aliphatic carbocycles. The summed E-state index contributed by atoms with van der Waals surface area (Å²) in [7, 11) is -2.10. The smallest absolute Gasteiger partial charge is 0.251 e. The quantitative estimate of drug-likeness (QED) is 0.630. The minimum absolute atomic E-state index is 0.129. The van der Waals surface area contributed by atoms with E-state index in [2.05, 4.69) is 15.4 Å². The van der Waals surface area contributed by atoms with Crippen molar-refractivity contribution in [1.29, 1.82) is 0 Å². The normalized spacial score (nSPS) is 13.8. The van der Waals surface area contributed by atoms with E-state index in [9.17, 15) is 18.0 Å². The van der Waals surface area contributed by atoms with Crippen molar-refractivity contribution >= 4 is 27.5 Å². The molecule has 7 nitrogen and oxygen atoms in total. The molecule has 0 atom stereocenters. The average molecular weight is 401 g/mol. The van der Waals surface area contributed by atoms with Crippen LogP contribution in [0.4, 0.5) is 5.69 Å². The van der Waals surface area contributed by atoms with Crippen LogP contribution in [0.2, 0.25) is 0 Å². The number of aryl methyl sites for hydroxylation is 1. The van der Waals surface area contributed by atoms with Crippen molar-refractivity contribution in [2.24, 2.45) is 0 Å². The Kier molecular flexibility index (Phi) is 6.11. The van der Waals surface area contributed by atoms with Crippen LogP contribution >= 0.6 is 0 Å². The molecule has 2 amide bonds. The van der Waals surface area contributed by atoms with Gasteiger partial charge in [-0.2, -0.15) is 0 Å². The zero-order valence-electron chi connectivity index (χ0n) is 15.6. The Bertz CT molecular complexity index is 967. The molecule has 0 bridgehead atoms. The van der Waals surface area contributed by atoms with Gasteiger partial charge in [-0.05, 0) is 62.2 Å². The summed E-state index contributed by atoms with van der Waals surface area (Å²) in [5, 5.41) is 5.71. The molecule has 0 aliphatic heterocycles. The molecule has 8 heteroatoms. The number of anilines is 1. The van der Waals surface area contributed by atoms with Gasteiger partial charge in [0.25, 0.3) is 5.91 Å². The Morgan fingerprint density at radius 1 is 1.07 bits per heavy atom. The van der Waals surface area contributed by atoms with E-state index in [1.165, 1.54) is 19.2 Å². The lowest BCUT2D eigenvalue weighted by Crippen LogP contribution is -2.25. The highest BCUT2D eigenvalue weighted by Crippen LogP contribution is 2.20. The van der Waals surface area contributed by atoms with E-state index < -0.39 is 10.0 Å². The largest absolute Gasteiger partial charge is 0.349 e. The van der Waals surface area contributed by atoms with Gasteiger partial charge in [0.15, 0.2) is 0 Å². The minimum Gasteiger partial charge on any atom is -0.349 e. The van der Waals surface area contributed by atoms with Gasteiger partial charge in [-0.3, -0.25) is 9.59 Å². The number of hydrogen-bond acceptors (Lipinski definition) is 4. The maximum Gasteiger partial charge on any atom is 0.251 e. The standard InChI is InChI=1S/C20H23N3O4S/c1-21-28(26,27)18-10-5-14(6-11-18)7-12-19(24)22-17-4-2-3-15(13-17)20(25)23-16-8-9-16/h2-6,10-11,13,16,21H,7-9,12H2,1H3,(H,22,24)(H,23,25). The number of carbonyl (C=O) groups excluding carboxylic acids is 2. The van der Waals surface area contributed by atoms with Gasteiger partial charge in [0, 0.05) is 23.7 Å². The Balaban J connectivity index is 1.53. The molecule has 3 N–H and O–H groups in total. The Hall–Kier alpha value is -2.71. The lowest BCUT2D eigenvalue weighted by molar-refractivity contribution is -0.116. The zero-order valence-corrected chi connectivity index (χ0v) is 16.4. The lowest BCUT2D eigenvalue weighted by atomic mass is 10.1. The van der Waals surface area contributed by atoms with Crippen molar-refractivity contribution in [1.82, 2.24) is 10.0 Å². The van der Waals surface area contributed by atoms with E-state index in [-0.39, 0.29) is 29.2 Å². The van der Waals surface area contributed by atoms with Crippen LogP contribution in [0.5, 0.6) is 0 Å². The number of carbonyl (C=O) groups is 2. The van der Waals surface area contributed by atoms with Gasteiger partial charge in [0.1, 0.15) is 0 Å². The molecule has 28 heavy (non-hydrogen) atoms. The Morgan fingerprint density at radius 2 is 1.79 bits per heavy atom. The molecule has 148 valence electrons. The number of hydrogen-bond donors (Lipinski definition) is 3. The molecule has 0 spiro atoms. The number of nitrogens with one attached hydrogen (secondary N) is 3. The van der Waals surface area contributed by atoms with E-state index in [0.717, 1.165) is 18.4 Å². The second kappa shape index (κ2) is 8.53. The van der Waals surface area contributed by atoms with Gasteiger partial charge in [-0.1, -0.05) is 18.2 Å². The summed E-state index contributed by atoms with van der Waals surface area (Å²) in [6, 6.07) is 13.5. The van der Waals surface area contributed by atoms with Crippen LogP contribution in [0.25, 0.3) is 0 Å². The topological polar surface area (TPSA) is 104 Å². The SMILES string of the molecule is CNS(=O)(=O)c1ccc(CCC(=O)Nc2cccc(C(=O)NC3CC3)c2)cc1. The van der Waals surface area contributed by atoms with Crippen LogP contribution in [0.15, 0.2) is 53.4 Å². The van der Waals surface area contributed by atoms with E-state index in [4.69, 9.17) is 0 Å². The van der Waals surface area contributed by atoms with Crippen molar-refractivity contribution < 1.29 is 18.0 Å². The van der Waals surface area contributed by atoms with Crippen LogP contribution < -0.4 is 15.4 Å². The van der Waals surface area contributed by atoms with Gasteiger partial charge in [0.05, 0.1) is 4.90 Å². The second-order valence-corrected chi connectivity index (χ2v) is 8.61. The van der Waals surface area contributed by atoms with Crippen LogP contribution in [0.3, 0.4) is 0 Å². The number of benzene rings is 2. The van der Waals surface area contributed by atoms with Crippen molar-refractivity contribution in [2.75, 3.05) is 12.4 Å². The molecule has 1 saturated carbocycles. The summed E-state index contributed by atoms with van der Waals surface area (Å²) >= 11 is 0. The average Bonchev–Trinajstić information content (AvgIpc) is 3.51. The third-order valence-corrected chi connectivity index (χ3v) is 5.89. The molecular formula is C20H23N3O4S. The first-order chi connectivity index (χ1) is 13.4. The summed E-state index contributed by atoms with van der Waals surface area (Å²) in [5.41, 5.74) is 1.96. The molecule has 0 heterocycles. The predicted molar refractivity (Wildman–Crippen MR) is 107 cm³/mol. The van der Waals surface area contributed by atoms with Crippen LogP contribution in [-0.2, 0) is 21.2 Å². The Morgan fingerprint density at radius 3 is 2.43 bits per heavy atom. The summed E-state index contributed by atoms with van der Waals surface area (Å²) in [5.74, 6) is -0.304. The number of rotatable bonds is 8. The van der Waals surface area contributed by atoms with E-state index in [1.54, 1.807) is 36.4 Å². The molecule has 1 fully saturated rings. The third kappa shape index (κ3) is 5.40. The van der Waals surface area contributed by atoms with E-state index >= 15 is 0 Å². The first-order valence-corrected chi connectivity index (χ1v) is 10.6. The summed E-state index contributed by atoms with van der Waals surface area (Å²) in [6.45, 7) is 0. The van der Waals surface area contributed by atoms with Crippen molar-refractivity contribution in [3.63, 3.8) is 0 Å². The Labute approximate surface area is 164 Å². The van der Waals surface area contributed by atoms with Gasteiger partial charge in [-0.15, -0.1) is 0 Å². The van der Waals surface area contributed by atoms with Gasteiger partial charge in [0.2, 0.25) is 15.9 Å². The highest BCUT2D eigenvalue weighted by atomic mass is 32.2. The van der Waals surface area contributed by atoms with Gasteiger partial charge >= 0.3 is 0 Å². The molecule has 0 saturated heterocycles. The fourth-order valence-electron chi connectivity index (χ4n) is 2.67. The van der Waals surface area contributed by atoms with Crippen LogP contribution in [-0.4, -0.2) is 33.3 Å². The molecule has 0 unspecified atom stereocenters. The molecule has 2 aromatic carbocycles. The summed E-state index contributed by atoms with van der Waals surface area (Å²) in [6.07, 6.45) is 2.76. The van der Waals surface area contributed by atoms with Crippen molar-refractivity contribution in [2.45, 2.75) is 36.6 Å². The van der Waals surface area contributed by atoms with Crippen LogP contribution in [0.1, 0.15) is 35.2 Å². The fourth-order valence-corrected chi connectivity index (χ4v) is 3.40. The molecule has 2 aromatic rings. The van der Waals surface area contributed by atoms with Crippen molar-refractivity contribution in [3.8, 4) is 0 Å². The highest BCUT2D eigenvalue weighted by Gasteiger charge is 2.23. The number of amides is 2. The molecule has 1 aliphatic rings. The van der Waals surface area contributed by atoms with E-state index in [1.807, 2.05) is 0 Å². The highest BCUT2D eigenvalue weighted by molar-refractivity contribution is 7.89. The lowest BCUT2D eigenvalue weighted by Gasteiger charge is -2.08. The van der Waals surface area contributed by atoms with Gasteiger partial charge < -0.3 is 10.6 Å². The summed E-state index contributed by atoms with van der Waals surface area (Å²) < 4.78 is 25.7. The molecule has 0 radical (unpaired) electrons. The molecular weight excluding hydrogens is 378 g/mol. The minimum atomic E-state index is -3.46. The monoisotopic (exact) mass is 401 g/mol. The first kappa shape index (κ1) is 20.0. The van der Waals surface area contributed by atoms with Gasteiger partial charge in [-0.25, -0.2) is 13.1 Å².